The summed E-state index contributed by atoms with van der Waals surface area (Å²) in [5, 5.41) is 7.30. The molecule has 3 rings (SSSR count). The van der Waals surface area contributed by atoms with Crippen molar-refractivity contribution in [2.75, 3.05) is 13.7 Å². The van der Waals surface area contributed by atoms with E-state index in [1.807, 2.05) is 24.6 Å². The number of nitrogens with zero attached hydrogens (tertiary/aromatic N) is 2. The predicted molar refractivity (Wildman–Crippen MR) is 116 cm³/mol. The SMILES string of the molecule is COc1ccc(C(=O)NCCCn2nc(C)cc2C)cc1Oc1ccc(CN)cc1F. The molecule has 0 aliphatic carbocycles. The minimum atomic E-state index is -0.538. The van der Waals surface area contributed by atoms with E-state index in [4.69, 9.17) is 15.2 Å². The highest BCUT2D eigenvalue weighted by atomic mass is 19.1. The topological polar surface area (TPSA) is 91.4 Å². The van der Waals surface area contributed by atoms with Crippen LogP contribution >= 0.6 is 0 Å². The number of hydrogen-bond donors (Lipinski definition) is 2. The molecule has 0 aliphatic rings. The van der Waals surface area contributed by atoms with Gasteiger partial charge in [-0.1, -0.05) is 6.07 Å². The summed E-state index contributed by atoms with van der Waals surface area (Å²) in [6.07, 6.45) is 0.742. The lowest BCUT2D eigenvalue weighted by atomic mass is 10.1. The van der Waals surface area contributed by atoms with Crippen molar-refractivity contribution in [3.05, 3.63) is 70.8 Å². The Labute approximate surface area is 181 Å². The van der Waals surface area contributed by atoms with Crippen LogP contribution in [-0.4, -0.2) is 29.3 Å². The third-order valence-corrected chi connectivity index (χ3v) is 4.81. The number of ether oxygens (including phenoxy) is 2. The van der Waals surface area contributed by atoms with Crippen molar-refractivity contribution in [2.24, 2.45) is 5.73 Å². The van der Waals surface area contributed by atoms with Gasteiger partial charge in [-0.2, -0.15) is 5.10 Å². The van der Waals surface area contributed by atoms with E-state index in [2.05, 4.69) is 10.4 Å². The second kappa shape index (κ2) is 10.1. The number of rotatable bonds is 9. The summed E-state index contributed by atoms with van der Waals surface area (Å²) in [7, 11) is 1.48. The number of carbonyl (C=O) groups excluding carboxylic acids is 1. The van der Waals surface area contributed by atoms with Crippen molar-refractivity contribution in [3.8, 4) is 17.2 Å². The maximum atomic E-state index is 14.3. The Morgan fingerprint density at radius 2 is 1.90 bits per heavy atom. The standard InChI is InChI=1S/C23H27FN4O3/c1-15-11-16(2)28(27-15)10-4-9-26-23(29)18-6-8-21(30-3)22(13-18)31-20-7-5-17(14-25)12-19(20)24/h5-8,11-13H,4,9-10,14,25H2,1-3H3,(H,26,29). The van der Waals surface area contributed by atoms with Crippen LogP contribution in [0.2, 0.25) is 0 Å². The first-order valence-corrected chi connectivity index (χ1v) is 10.0. The molecule has 1 amide bonds. The Hall–Kier alpha value is -3.39. The molecular weight excluding hydrogens is 399 g/mol. The van der Waals surface area contributed by atoms with E-state index in [9.17, 15) is 9.18 Å². The van der Waals surface area contributed by atoms with Gasteiger partial charge in [0.25, 0.3) is 5.91 Å². The van der Waals surface area contributed by atoms with E-state index in [1.54, 1.807) is 18.2 Å². The Bertz CT molecular complexity index is 1060. The highest BCUT2D eigenvalue weighted by Gasteiger charge is 2.14. The number of methoxy groups -OCH3 is 1. The summed E-state index contributed by atoms with van der Waals surface area (Å²) < 4.78 is 27.2. The summed E-state index contributed by atoms with van der Waals surface area (Å²) in [5.74, 6) is -0.123. The fourth-order valence-corrected chi connectivity index (χ4v) is 3.20. The summed E-state index contributed by atoms with van der Waals surface area (Å²) in [5.41, 5.74) is 8.65. The van der Waals surface area contributed by atoms with Gasteiger partial charge >= 0.3 is 0 Å². The van der Waals surface area contributed by atoms with Crippen molar-refractivity contribution < 1.29 is 18.7 Å². The van der Waals surface area contributed by atoms with Gasteiger partial charge < -0.3 is 20.5 Å². The molecule has 7 nitrogen and oxygen atoms in total. The molecule has 0 spiro atoms. The average Bonchev–Trinajstić information content (AvgIpc) is 3.09. The molecule has 0 fully saturated rings. The summed E-state index contributed by atoms with van der Waals surface area (Å²) in [6, 6.07) is 11.3. The van der Waals surface area contributed by atoms with Crippen molar-refractivity contribution in [1.82, 2.24) is 15.1 Å². The number of benzene rings is 2. The van der Waals surface area contributed by atoms with Crippen LogP contribution in [0, 0.1) is 19.7 Å². The molecule has 0 unspecified atom stereocenters. The molecule has 0 bridgehead atoms. The number of halogens is 1. The van der Waals surface area contributed by atoms with Gasteiger partial charge in [0.05, 0.1) is 12.8 Å². The Morgan fingerprint density at radius 3 is 2.55 bits per heavy atom. The lowest BCUT2D eigenvalue weighted by molar-refractivity contribution is 0.0952. The smallest absolute Gasteiger partial charge is 0.251 e. The first-order valence-electron chi connectivity index (χ1n) is 10.0. The van der Waals surface area contributed by atoms with Crippen molar-refractivity contribution in [2.45, 2.75) is 33.4 Å². The Balaban J connectivity index is 1.65. The van der Waals surface area contributed by atoms with Gasteiger partial charge in [-0.15, -0.1) is 0 Å². The minimum Gasteiger partial charge on any atom is -0.493 e. The van der Waals surface area contributed by atoms with Gasteiger partial charge in [0.1, 0.15) is 0 Å². The van der Waals surface area contributed by atoms with E-state index >= 15 is 0 Å². The normalized spacial score (nSPS) is 10.7. The maximum Gasteiger partial charge on any atom is 0.251 e. The molecule has 164 valence electrons. The van der Waals surface area contributed by atoms with E-state index in [0.29, 0.717) is 23.4 Å². The number of hydrogen-bond acceptors (Lipinski definition) is 5. The Kier molecular flexibility index (Phi) is 7.25. The van der Waals surface area contributed by atoms with Crippen LogP contribution in [0.4, 0.5) is 4.39 Å². The first-order chi connectivity index (χ1) is 14.9. The quantitative estimate of drug-likeness (QED) is 0.509. The number of carbonyl (C=O) groups is 1. The number of nitrogens with one attached hydrogen (secondary N) is 1. The fourth-order valence-electron chi connectivity index (χ4n) is 3.20. The molecule has 8 heteroatoms. The van der Waals surface area contributed by atoms with Crippen molar-refractivity contribution >= 4 is 5.91 Å². The molecule has 0 aliphatic heterocycles. The van der Waals surface area contributed by atoms with E-state index in [0.717, 1.165) is 24.4 Å². The zero-order chi connectivity index (χ0) is 22.4. The van der Waals surface area contributed by atoms with E-state index < -0.39 is 5.82 Å². The highest BCUT2D eigenvalue weighted by molar-refractivity contribution is 5.94. The van der Waals surface area contributed by atoms with Crippen LogP contribution in [0.3, 0.4) is 0 Å². The van der Waals surface area contributed by atoms with Crippen molar-refractivity contribution in [3.63, 3.8) is 0 Å². The molecule has 0 radical (unpaired) electrons. The molecule has 0 atom stereocenters. The minimum absolute atomic E-state index is 0.0259. The van der Waals surface area contributed by atoms with Crippen LogP contribution in [0.15, 0.2) is 42.5 Å². The van der Waals surface area contributed by atoms with Gasteiger partial charge in [0.2, 0.25) is 0 Å². The first kappa shape index (κ1) is 22.3. The average molecular weight is 426 g/mol. The highest BCUT2D eigenvalue weighted by Crippen LogP contribution is 2.33. The second-order valence-electron chi connectivity index (χ2n) is 7.20. The fraction of sp³-hybridized carbons (Fsp3) is 0.304. The largest absolute Gasteiger partial charge is 0.493 e. The molecule has 31 heavy (non-hydrogen) atoms. The lowest BCUT2D eigenvalue weighted by Gasteiger charge is -2.13. The van der Waals surface area contributed by atoms with Gasteiger partial charge in [0.15, 0.2) is 23.1 Å². The van der Waals surface area contributed by atoms with Gasteiger partial charge in [-0.25, -0.2) is 4.39 Å². The number of amides is 1. The maximum absolute atomic E-state index is 14.3. The van der Waals surface area contributed by atoms with Crippen LogP contribution < -0.4 is 20.5 Å². The molecular formula is C23H27FN4O3. The monoisotopic (exact) mass is 426 g/mol. The van der Waals surface area contributed by atoms with Crippen LogP contribution in [0.1, 0.15) is 33.7 Å². The van der Waals surface area contributed by atoms with Gasteiger partial charge in [-0.3, -0.25) is 9.48 Å². The van der Waals surface area contributed by atoms with Crippen LogP contribution in [0.5, 0.6) is 17.2 Å². The summed E-state index contributed by atoms with van der Waals surface area (Å²) in [4.78, 5) is 12.6. The number of aromatic nitrogens is 2. The van der Waals surface area contributed by atoms with Gasteiger partial charge in [0, 0.05) is 30.9 Å². The molecule has 0 saturated heterocycles. The van der Waals surface area contributed by atoms with Crippen LogP contribution in [-0.2, 0) is 13.1 Å². The predicted octanol–water partition coefficient (Wildman–Crippen LogP) is 3.72. The Morgan fingerprint density at radius 1 is 1.13 bits per heavy atom. The number of nitrogens with two attached hydrogens (primary N) is 1. The second-order valence-corrected chi connectivity index (χ2v) is 7.20. The van der Waals surface area contributed by atoms with Gasteiger partial charge in [-0.05, 0) is 62.2 Å². The molecule has 2 aromatic carbocycles. The van der Waals surface area contributed by atoms with Crippen LogP contribution in [0.25, 0.3) is 0 Å². The number of aryl methyl sites for hydroxylation is 3. The lowest BCUT2D eigenvalue weighted by Crippen LogP contribution is -2.25. The molecule has 3 aromatic rings. The van der Waals surface area contributed by atoms with Crippen molar-refractivity contribution in [1.29, 1.82) is 0 Å². The van der Waals surface area contributed by atoms with E-state index in [-0.39, 0.29) is 24.0 Å². The molecule has 1 heterocycles. The third kappa shape index (κ3) is 5.61. The van der Waals surface area contributed by atoms with E-state index in [1.165, 1.54) is 25.3 Å². The molecule has 0 saturated carbocycles. The molecule has 1 aromatic heterocycles. The zero-order valence-electron chi connectivity index (χ0n) is 17.9. The summed E-state index contributed by atoms with van der Waals surface area (Å²) in [6.45, 7) is 5.40. The zero-order valence-corrected chi connectivity index (χ0v) is 17.9. The molecule has 3 N–H and O–H groups in total. The third-order valence-electron chi connectivity index (χ3n) is 4.81. The summed E-state index contributed by atoms with van der Waals surface area (Å²) >= 11 is 0.